The maximum absolute atomic E-state index is 11.5. The van der Waals surface area contributed by atoms with E-state index < -0.39 is 4.92 Å². The molecule has 20 heavy (non-hydrogen) atoms. The highest BCUT2D eigenvalue weighted by molar-refractivity contribution is 5.92. The van der Waals surface area contributed by atoms with E-state index in [0.717, 1.165) is 0 Å². The largest absolute Gasteiger partial charge is 0.342 e. The minimum absolute atomic E-state index is 0.0951. The van der Waals surface area contributed by atoms with Gasteiger partial charge in [0, 0.05) is 46.6 Å². The van der Waals surface area contributed by atoms with Gasteiger partial charge in [-0.2, -0.15) is 0 Å². The molecule has 2 amide bonds. The highest BCUT2D eigenvalue weighted by atomic mass is 16.6. The molecular weight excluding hydrogens is 262 g/mol. The second-order valence-corrected chi connectivity index (χ2v) is 4.52. The molecule has 0 aliphatic carbocycles. The molecule has 0 saturated heterocycles. The molecule has 0 aromatic heterocycles. The van der Waals surface area contributed by atoms with E-state index in [0.29, 0.717) is 11.3 Å². The van der Waals surface area contributed by atoms with Crippen LogP contribution in [0, 0.1) is 10.1 Å². The van der Waals surface area contributed by atoms with Gasteiger partial charge in [0.05, 0.1) is 10.6 Å². The van der Waals surface area contributed by atoms with Crippen molar-refractivity contribution in [2.24, 2.45) is 0 Å². The minimum atomic E-state index is -0.518. The smallest absolute Gasteiger partial charge is 0.271 e. The Kier molecular flexibility index (Phi) is 4.79. The molecule has 0 spiro atoms. The number of benzene rings is 1. The third kappa shape index (κ3) is 3.53. The number of non-ortho nitro benzene ring substituents is 1. The summed E-state index contributed by atoms with van der Waals surface area (Å²) >= 11 is 0. The normalized spacial score (nSPS) is 10.0. The lowest BCUT2D eigenvalue weighted by molar-refractivity contribution is -0.384. The van der Waals surface area contributed by atoms with Crippen LogP contribution in [-0.2, 0) is 16.1 Å². The third-order valence-electron chi connectivity index (χ3n) is 3.06. The number of amides is 2. The number of nitro groups is 1. The van der Waals surface area contributed by atoms with E-state index in [4.69, 9.17) is 0 Å². The molecule has 0 bridgehead atoms. The first-order chi connectivity index (χ1) is 9.23. The Morgan fingerprint density at radius 1 is 1.20 bits per heavy atom. The molecule has 0 N–H and O–H groups in total. The molecule has 0 radical (unpaired) electrons. The van der Waals surface area contributed by atoms with Gasteiger partial charge in [-0.25, -0.2) is 0 Å². The van der Waals surface area contributed by atoms with Crippen molar-refractivity contribution in [1.29, 1.82) is 0 Å². The van der Waals surface area contributed by atoms with Crippen molar-refractivity contribution < 1.29 is 14.5 Å². The van der Waals surface area contributed by atoms with Gasteiger partial charge < -0.3 is 9.80 Å². The molecule has 7 heteroatoms. The monoisotopic (exact) mass is 279 g/mol. The number of carbonyl (C=O) groups is 2. The zero-order valence-electron chi connectivity index (χ0n) is 11.9. The molecule has 0 atom stereocenters. The molecule has 0 unspecified atom stereocenters. The van der Waals surface area contributed by atoms with Crippen LogP contribution in [0.2, 0.25) is 0 Å². The number of rotatable bonds is 4. The van der Waals surface area contributed by atoms with Crippen LogP contribution in [0.25, 0.3) is 0 Å². The number of anilines is 1. The topological polar surface area (TPSA) is 83.8 Å². The van der Waals surface area contributed by atoms with Crippen LogP contribution in [0.15, 0.2) is 18.2 Å². The molecule has 0 aliphatic heterocycles. The molecule has 0 saturated carbocycles. The molecule has 1 aromatic carbocycles. The van der Waals surface area contributed by atoms with Crippen LogP contribution in [0.3, 0.4) is 0 Å². The highest BCUT2D eigenvalue weighted by Crippen LogP contribution is 2.26. The quantitative estimate of drug-likeness (QED) is 0.618. The van der Waals surface area contributed by atoms with Crippen LogP contribution >= 0.6 is 0 Å². The summed E-state index contributed by atoms with van der Waals surface area (Å²) in [6.07, 6.45) is 0. The Morgan fingerprint density at radius 2 is 1.80 bits per heavy atom. The number of hydrogen-bond donors (Lipinski definition) is 0. The van der Waals surface area contributed by atoms with E-state index in [1.807, 2.05) is 0 Å². The van der Waals surface area contributed by atoms with Crippen molar-refractivity contribution >= 4 is 23.2 Å². The average Bonchev–Trinajstić information content (AvgIpc) is 2.37. The number of carbonyl (C=O) groups excluding carboxylic acids is 2. The second-order valence-electron chi connectivity index (χ2n) is 4.52. The fraction of sp³-hybridized carbons (Fsp3) is 0.385. The minimum Gasteiger partial charge on any atom is -0.342 e. The Labute approximate surface area is 116 Å². The lowest BCUT2D eigenvalue weighted by Crippen LogP contribution is -2.27. The molecule has 108 valence electrons. The van der Waals surface area contributed by atoms with Crippen molar-refractivity contribution in [3.63, 3.8) is 0 Å². The summed E-state index contributed by atoms with van der Waals surface area (Å²) in [7, 11) is 3.17. The van der Waals surface area contributed by atoms with Crippen LogP contribution in [0.1, 0.15) is 19.4 Å². The Hall–Kier alpha value is -2.44. The Bertz CT molecular complexity index is 557. The summed E-state index contributed by atoms with van der Waals surface area (Å²) in [4.78, 5) is 35.9. The molecule has 0 fully saturated rings. The van der Waals surface area contributed by atoms with Gasteiger partial charge in [0.2, 0.25) is 11.8 Å². The summed E-state index contributed by atoms with van der Waals surface area (Å²) in [5, 5.41) is 10.8. The first-order valence-corrected chi connectivity index (χ1v) is 5.97. The molecule has 0 heterocycles. The van der Waals surface area contributed by atoms with Gasteiger partial charge >= 0.3 is 0 Å². The van der Waals surface area contributed by atoms with Crippen molar-refractivity contribution in [3.8, 4) is 0 Å². The van der Waals surface area contributed by atoms with Gasteiger partial charge in [-0.1, -0.05) is 0 Å². The Balaban J connectivity index is 3.25. The number of hydrogen-bond acceptors (Lipinski definition) is 4. The van der Waals surface area contributed by atoms with Gasteiger partial charge in [-0.05, 0) is 11.6 Å². The maximum atomic E-state index is 11.5. The summed E-state index contributed by atoms with van der Waals surface area (Å²) in [5.74, 6) is -0.364. The predicted octanol–water partition coefficient (Wildman–Crippen LogP) is 1.56. The molecule has 1 rings (SSSR count). The van der Waals surface area contributed by atoms with Gasteiger partial charge in [0.1, 0.15) is 0 Å². The van der Waals surface area contributed by atoms with Crippen molar-refractivity contribution in [2.45, 2.75) is 20.4 Å². The van der Waals surface area contributed by atoms with E-state index in [9.17, 15) is 19.7 Å². The molecular formula is C13H17N3O4. The van der Waals surface area contributed by atoms with Crippen LogP contribution < -0.4 is 4.90 Å². The van der Waals surface area contributed by atoms with Crippen LogP contribution in [0.5, 0.6) is 0 Å². The van der Waals surface area contributed by atoms with Crippen LogP contribution in [0.4, 0.5) is 11.4 Å². The molecule has 0 aliphatic rings. The van der Waals surface area contributed by atoms with Gasteiger partial charge in [0.25, 0.3) is 5.69 Å². The van der Waals surface area contributed by atoms with Gasteiger partial charge in [-0.15, -0.1) is 0 Å². The van der Waals surface area contributed by atoms with E-state index in [1.165, 1.54) is 35.8 Å². The van der Waals surface area contributed by atoms with E-state index in [1.54, 1.807) is 20.2 Å². The molecule has 7 nitrogen and oxygen atoms in total. The zero-order chi connectivity index (χ0) is 15.4. The lowest BCUT2D eigenvalue weighted by atomic mass is 10.1. The van der Waals surface area contributed by atoms with Gasteiger partial charge in [0.15, 0.2) is 0 Å². The highest BCUT2D eigenvalue weighted by Gasteiger charge is 2.17. The van der Waals surface area contributed by atoms with Gasteiger partial charge in [-0.3, -0.25) is 19.7 Å². The van der Waals surface area contributed by atoms with Crippen molar-refractivity contribution in [1.82, 2.24) is 4.90 Å². The van der Waals surface area contributed by atoms with Crippen molar-refractivity contribution in [3.05, 3.63) is 33.9 Å². The SMILES string of the molecule is CC(=O)N(C)Cc1ccc([N+](=O)[O-])cc1N(C)C(C)=O. The standard InChI is InChI=1S/C13H17N3O4/c1-9(17)14(3)8-11-5-6-12(16(19)20)7-13(11)15(4)10(2)18/h5-7H,8H2,1-4H3. The fourth-order valence-electron chi connectivity index (χ4n) is 1.65. The third-order valence-corrected chi connectivity index (χ3v) is 3.06. The van der Waals surface area contributed by atoms with Crippen molar-refractivity contribution in [2.75, 3.05) is 19.0 Å². The summed E-state index contributed by atoms with van der Waals surface area (Å²) in [5.41, 5.74) is 1.01. The van der Waals surface area contributed by atoms with E-state index >= 15 is 0 Å². The summed E-state index contributed by atoms with van der Waals surface area (Å²) < 4.78 is 0. The number of nitro benzene ring substituents is 1. The fourth-order valence-corrected chi connectivity index (χ4v) is 1.65. The summed E-state index contributed by atoms with van der Waals surface area (Å²) in [6.45, 7) is 3.08. The number of nitrogens with zero attached hydrogens (tertiary/aromatic N) is 3. The lowest BCUT2D eigenvalue weighted by Gasteiger charge is -2.22. The second kappa shape index (κ2) is 6.14. The van der Waals surface area contributed by atoms with Crippen LogP contribution in [-0.4, -0.2) is 35.7 Å². The first-order valence-electron chi connectivity index (χ1n) is 5.97. The maximum Gasteiger partial charge on any atom is 0.271 e. The van der Waals surface area contributed by atoms with E-state index in [-0.39, 0.29) is 24.0 Å². The average molecular weight is 279 g/mol. The zero-order valence-corrected chi connectivity index (χ0v) is 11.9. The summed E-state index contributed by atoms with van der Waals surface area (Å²) in [6, 6.07) is 4.26. The Morgan fingerprint density at radius 3 is 2.25 bits per heavy atom. The predicted molar refractivity (Wildman–Crippen MR) is 74.3 cm³/mol. The first kappa shape index (κ1) is 15.6. The molecule has 1 aromatic rings. The van der Waals surface area contributed by atoms with E-state index in [2.05, 4.69) is 0 Å².